The average Bonchev–Trinajstić information content (AvgIpc) is 2.65. The third-order valence-corrected chi connectivity index (χ3v) is 4.52. The zero-order valence-corrected chi connectivity index (χ0v) is 14.4. The zero-order valence-electron chi connectivity index (χ0n) is 12.8. The van der Waals surface area contributed by atoms with Gasteiger partial charge in [-0.25, -0.2) is 0 Å². The lowest BCUT2D eigenvalue weighted by atomic mass is 10.3. The number of halogens is 1. The molecule has 0 aromatic carbocycles. The molecule has 0 bridgehead atoms. The van der Waals surface area contributed by atoms with Gasteiger partial charge in [-0.05, 0) is 70.2 Å². The fourth-order valence-corrected chi connectivity index (χ4v) is 2.38. The van der Waals surface area contributed by atoms with Crippen LogP contribution in [-0.4, -0.2) is 40.9 Å². The Balaban J connectivity index is 2.34. The fraction of sp³-hybridized carbons (Fsp3) is 0.786. The molecule has 19 heavy (non-hydrogen) atoms. The average molecular weight is 331 g/mol. The van der Waals surface area contributed by atoms with E-state index in [2.05, 4.69) is 63.7 Å². The number of hydrogen-bond acceptors (Lipinski definition) is 3. The van der Waals surface area contributed by atoms with E-state index in [1.54, 1.807) is 0 Å². The summed E-state index contributed by atoms with van der Waals surface area (Å²) >= 11 is 3.62. The molecule has 5 heteroatoms. The highest BCUT2D eigenvalue weighted by Crippen LogP contribution is 2.20. The van der Waals surface area contributed by atoms with Gasteiger partial charge in [0.2, 0.25) is 0 Å². The van der Waals surface area contributed by atoms with Crippen LogP contribution in [0.5, 0.6) is 0 Å². The third kappa shape index (κ3) is 4.89. The molecule has 0 spiro atoms. The van der Waals surface area contributed by atoms with E-state index >= 15 is 0 Å². The van der Waals surface area contributed by atoms with Crippen LogP contribution in [0.15, 0.2) is 4.47 Å². The van der Waals surface area contributed by atoms with Gasteiger partial charge in [0, 0.05) is 19.1 Å². The topological polar surface area (TPSA) is 33.1 Å². The number of rotatable bonds is 8. The molecule has 0 unspecified atom stereocenters. The molecular formula is C14H27BrN4. The molecule has 0 saturated heterocycles. The summed E-state index contributed by atoms with van der Waals surface area (Å²) in [5.41, 5.74) is 2.32. The van der Waals surface area contributed by atoms with Crippen molar-refractivity contribution in [1.82, 2.24) is 20.0 Å². The molecule has 1 aromatic heterocycles. The van der Waals surface area contributed by atoms with Gasteiger partial charge in [0.05, 0.1) is 15.9 Å². The Morgan fingerprint density at radius 1 is 1.42 bits per heavy atom. The minimum absolute atomic E-state index is 0.623. The second-order valence-electron chi connectivity index (χ2n) is 5.27. The smallest absolute Gasteiger partial charge is 0.0739 e. The van der Waals surface area contributed by atoms with E-state index in [-0.39, 0.29) is 0 Å². The molecule has 1 N–H and O–H groups in total. The summed E-state index contributed by atoms with van der Waals surface area (Å²) < 4.78 is 3.20. The molecule has 0 radical (unpaired) electrons. The Kier molecular flexibility index (Phi) is 7.04. The van der Waals surface area contributed by atoms with Gasteiger partial charge in [0.25, 0.3) is 0 Å². The molecule has 1 heterocycles. The second kappa shape index (κ2) is 8.02. The van der Waals surface area contributed by atoms with Crippen LogP contribution in [0, 0.1) is 6.92 Å². The lowest BCUT2D eigenvalue weighted by molar-refractivity contribution is 0.269. The minimum atomic E-state index is 0.623. The van der Waals surface area contributed by atoms with Gasteiger partial charge in [0.1, 0.15) is 0 Å². The van der Waals surface area contributed by atoms with Crippen LogP contribution in [0.25, 0.3) is 0 Å². The second-order valence-corrected chi connectivity index (χ2v) is 6.06. The molecule has 0 aliphatic rings. The van der Waals surface area contributed by atoms with Crippen LogP contribution >= 0.6 is 15.9 Å². The maximum Gasteiger partial charge on any atom is 0.0739 e. The van der Waals surface area contributed by atoms with Gasteiger partial charge in [-0.2, -0.15) is 5.10 Å². The van der Waals surface area contributed by atoms with E-state index in [1.807, 2.05) is 6.92 Å². The van der Waals surface area contributed by atoms with E-state index in [1.165, 1.54) is 12.1 Å². The maximum atomic E-state index is 4.50. The number of aromatic nitrogens is 2. The van der Waals surface area contributed by atoms with Gasteiger partial charge in [0.15, 0.2) is 0 Å². The zero-order chi connectivity index (χ0) is 14.4. The summed E-state index contributed by atoms with van der Waals surface area (Å²) in [5, 5.41) is 8.01. The highest BCUT2D eigenvalue weighted by atomic mass is 79.9. The maximum absolute atomic E-state index is 4.50. The molecule has 0 fully saturated rings. The summed E-state index contributed by atoms with van der Waals surface area (Å²) in [6, 6.07) is 0.623. The van der Waals surface area contributed by atoms with Gasteiger partial charge in [-0.3, -0.25) is 4.68 Å². The van der Waals surface area contributed by atoms with Crippen molar-refractivity contribution in [2.75, 3.05) is 20.1 Å². The van der Waals surface area contributed by atoms with Crippen LogP contribution < -0.4 is 5.32 Å². The number of hydrogen-bond donors (Lipinski definition) is 1. The Morgan fingerprint density at radius 2 is 2.11 bits per heavy atom. The van der Waals surface area contributed by atoms with Crippen molar-refractivity contribution in [3.63, 3.8) is 0 Å². The van der Waals surface area contributed by atoms with Gasteiger partial charge in [-0.15, -0.1) is 0 Å². The molecule has 0 atom stereocenters. The Labute approximate surface area is 125 Å². The molecule has 0 aliphatic heterocycles. The van der Waals surface area contributed by atoms with E-state index in [0.717, 1.165) is 36.3 Å². The molecule has 1 rings (SSSR count). The van der Waals surface area contributed by atoms with Crippen LogP contribution in [0.3, 0.4) is 0 Å². The summed E-state index contributed by atoms with van der Waals surface area (Å²) in [4.78, 5) is 2.37. The molecular weight excluding hydrogens is 304 g/mol. The molecule has 110 valence electrons. The number of aryl methyl sites for hydroxylation is 2. The predicted molar refractivity (Wildman–Crippen MR) is 84.4 cm³/mol. The first-order valence-electron chi connectivity index (χ1n) is 7.10. The molecule has 0 amide bonds. The molecule has 4 nitrogen and oxygen atoms in total. The van der Waals surface area contributed by atoms with Crippen molar-refractivity contribution in [3.8, 4) is 0 Å². The lowest BCUT2D eigenvalue weighted by Crippen LogP contribution is -2.29. The van der Waals surface area contributed by atoms with E-state index < -0.39 is 0 Å². The van der Waals surface area contributed by atoms with Crippen LogP contribution in [0.1, 0.15) is 38.6 Å². The van der Waals surface area contributed by atoms with Gasteiger partial charge in [-0.1, -0.05) is 0 Å². The molecule has 0 saturated carbocycles. The number of nitrogens with one attached hydrogen (secondary N) is 1. The summed E-state index contributed by atoms with van der Waals surface area (Å²) in [5.74, 6) is 0. The van der Waals surface area contributed by atoms with Crippen LogP contribution in [0.4, 0.5) is 0 Å². The van der Waals surface area contributed by atoms with Crippen molar-refractivity contribution >= 4 is 15.9 Å². The minimum Gasteiger partial charge on any atom is -0.311 e. The van der Waals surface area contributed by atoms with Gasteiger partial charge < -0.3 is 10.2 Å². The summed E-state index contributed by atoms with van der Waals surface area (Å²) in [7, 11) is 2.18. The van der Waals surface area contributed by atoms with E-state index in [0.29, 0.717) is 6.04 Å². The largest absolute Gasteiger partial charge is 0.311 e. The first kappa shape index (κ1) is 16.7. The molecule has 1 aromatic rings. The van der Waals surface area contributed by atoms with Crippen molar-refractivity contribution in [3.05, 3.63) is 15.9 Å². The lowest BCUT2D eigenvalue weighted by Gasteiger charge is -2.20. The van der Waals surface area contributed by atoms with Crippen molar-refractivity contribution in [2.24, 2.45) is 0 Å². The fourth-order valence-electron chi connectivity index (χ4n) is 1.96. The first-order chi connectivity index (χ1) is 8.97. The Hall–Kier alpha value is -0.390. The first-order valence-corrected chi connectivity index (χ1v) is 7.89. The molecule has 0 aliphatic carbocycles. The quantitative estimate of drug-likeness (QED) is 0.744. The number of nitrogens with zero attached hydrogens (tertiary/aromatic N) is 3. The standard InChI is InChI=1S/C14H27BrN4/c1-6-19-13(14(15)12(4)17-19)10-16-8-7-9-18(5)11(2)3/h11,16H,6-10H2,1-5H3. The highest BCUT2D eigenvalue weighted by Gasteiger charge is 2.11. The van der Waals surface area contributed by atoms with Crippen molar-refractivity contribution in [2.45, 2.75) is 53.2 Å². The van der Waals surface area contributed by atoms with E-state index in [9.17, 15) is 0 Å². The summed E-state index contributed by atoms with van der Waals surface area (Å²) in [6.07, 6.45) is 1.17. The Morgan fingerprint density at radius 3 is 2.68 bits per heavy atom. The van der Waals surface area contributed by atoms with Gasteiger partial charge >= 0.3 is 0 Å². The Bertz CT molecular complexity index is 387. The van der Waals surface area contributed by atoms with Crippen molar-refractivity contribution < 1.29 is 0 Å². The summed E-state index contributed by atoms with van der Waals surface area (Å²) in [6.45, 7) is 12.6. The highest BCUT2D eigenvalue weighted by molar-refractivity contribution is 9.10. The monoisotopic (exact) mass is 330 g/mol. The van der Waals surface area contributed by atoms with E-state index in [4.69, 9.17) is 0 Å². The van der Waals surface area contributed by atoms with Crippen LogP contribution in [0.2, 0.25) is 0 Å². The SMILES string of the molecule is CCn1nc(C)c(Br)c1CNCCCN(C)C(C)C. The normalized spacial score (nSPS) is 11.8. The van der Waals surface area contributed by atoms with Crippen molar-refractivity contribution in [1.29, 1.82) is 0 Å². The van der Waals surface area contributed by atoms with Crippen LogP contribution in [-0.2, 0) is 13.1 Å². The predicted octanol–water partition coefficient (Wildman–Crippen LogP) is 2.79. The third-order valence-electron chi connectivity index (χ3n) is 3.49.